The number of rotatable bonds is 7. The molecular formula is C21H22N4O3. The lowest BCUT2D eigenvalue weighted by Gasteiger charge is -2.11. The minimum atomic E-state index is 0.257. The van der Waals surface area contributed by atoms with Crippen molar-refractivity contribution in [2.45, 2.75) is 13.3 Å². The van der Waals surface area contributed by atoms with E-state index in [9.17, 15) is 0 Å². The van der Waals surface area contributed by atoms with Gasteiger partial charge in [0, 0.05) is 30.1 Å². The largest absolute Gasteiger partial charge is 0.497 e. The van der Waals surface area contributed by atoms with Crippen LogP contribution in [0.25, 0.3) is 0 Å². The van der Waals surface area contributed by atoms with Gasteiger partial charge in [-0.2, -0.15) is 4.98 Å². The molecule has 0 amide bonds. The minimum absolute atomic E-state index is 0.257. The average Bonchev–Trinajstić information content (AvgIpc) is 3.15. The van der Waals surface area contributed by atoms with Gasteiger partial charge in [-0.15, -0.1) is 0 Å². The van der Waals surface area contributed by atoms with Crippen molar-refractivity contribution in [3.63, 3.8) is 0 Å². The van der Waals surface area contributed by atoms with Gasteiger partial charge in [-0.05, 0) is 43.2 Å². The van der Waals surface area contributed by atoms with Crippen LogP contribution in [-0.4, -0.2) is 30.4 Å². The van der Waals surface area contributed by atoms with Gasteiger partial charge < -0.3 is 24.8 Å². The first kappa shape index (κ1) is 17.9. The van der Waals surface area contributed by atoms with Gasteiger partial charge in [-0.3, -0.25) is 0 Å². The Labute approximate surface area is 163 Å². The van der Waals surface area contributed by atoms with E-state index in [-0.39, 0.29) is 6.79 Å². The molecule has 0 fully saturated rings. The Morgan fingerprint density at radius 1 is 1.04 bits per heavy atom. The summed E-state index contributed by atoms with van der Waals surface area (Å²) in [5.74, 6) is 3.65. The molecule has 0 saturated heterocycles. The van der Waals surface area contributed by atoms with Crippen LogP contribution in [0.15, 0.2) is 48.5 Å². The van der Waals surface area contributed by atoms with E-state index >= 15 is 0 Å². The second-order valence-corrected chi connectivity index (χ2v) is 6.44. The molecule has 4 rings (SSSR count). The molecule has 1 aliphatic rings. The normalized spacial score (nSPS) is 11.9. The van der Waals surface area contributed by atoms with Gasteiger partial charge in [0.25, 0.3) is 0 Å². The van der Waals surface area contributed by atoms with Crippen LogP contribution >= 0.6 is 0 Å². The average molecular weight is 378 g/mol. The molecule has 0 atom stereocenters. The second kappa shape index (κ2) is 8.04. The highest BCUT2D eigenvalue weighted by Gasteiger charge is 2.13. The number of methoxy groups -OCH3 is 1. The highest BCUT2D eigenvalue weighted by atomic mass is 16.7. The molecule has 3 aromatic rings. The Morgan fingerprint density at radius 2 is 1.93 bits per heavy atom. The Morgan fingerprint density at radius 3 is 2.82 bits per heavy atom. The van der Waals surface area contributed by atoms with Crippen molar-refractivity contribution < 1.29 is 14.2 Å². The number of ether oxygens (including phenoxy) is 3. The topological polar surface area (TPSA) is 77.5 Å². The molecule has 7 heteroatoms. The van der Waals surface area contributed by atoms with Crippen molar-refractivity contribution in [2.75, 3.05) is 31.1 Å². The highest BCUT2D eigenvalue weighted by Crippen LogP contribution is 2.35. The van der Waals surface area contributed by atoms with E-state index < -0.39 is 0 Å². The lowest BCUT2D eigenvalue weighted by molar-refractivity contribution is 0.174. The summed E-state index contributed by atoms with van der Waals surface area (Å²) in [7, 11) is 1.67. The molecular weight excluding hydrogens is 356 g/mol. The maximum Gasteiger partial charge on any atom is 0.231 e. The van der Waals surface area contributed by atoms with Crippen molar-refractivity contribution in [1.82, 2.24) is 9.97 Å². The maximum atomic E-state index is 5.42. The summed E-state index contributed by atoms with van der Waals surface area (Å²) in [5, 5.41) is 6.59. The number of nitrogens with zero attached hydrogens (tertiary/aromatic N) is 2. The third-order valence-corrected chi connectivity index (χ3v) is 4.33. The van der Waals surface area contributed by atoms with E-state index in [1.54, 1.807) is 7.11 Å². The summed E-state index contributed by atoms with van der Waals surface area (Å²) in [5.41, 5.74) is 2.95. The number of aryl methyl sites for hydroxylation is 1. The molecule has 2 aromatic carbocycles. The summed E-state index contributed by atoms with van der Waals surface area (Å²) < 4.78 is 16.0. The van der Waals surface area contributed by atoms with Crippen molar-refractivity contribution in [2.24, 2.45) is 0 Å². The smallest absolute Gasteiger partial charge is 0.231 e. The van der Waals surface area contributed by atoms with Gasteiger partial charge in [0.2, 0.25) is 12.7 Å². The summed E-state index contributed by atoms with van der Waals surface area (Å²) in [4.78, 5) is 9.02. The molecule has 0 saturated carbocycles. The molecule has 0 radical (unpaired) electrons. The molecule has 1 aromatic heterocycles. The van der Waals surface area contributed by atoms with E-state index in [1.807, 2.05) is 49.4 Å². The number of fused-ring (bicyclic) bond motifs is 1. The summed E-state index contributed by atoms with van der Waals surface area (Å²) >= 11 is 0. The zero-order chi connectivity index (χ0) is 19.3. The van der Waals surface area contributed by atoms with E-state index in [0.29, 0.717) is 5.95 Å². The molecule has 144 valence electrons. The lowest BCUT2D eigenvalue weighted by Crippen LogP contribution is -2.09. The molecule has 0 bridgehead atoms. The number of nitrogens with one attached hydrogen (secondary N) is 2. The van der Waals surface area contributed by atoms with Crippen LogP contribution in [0.2, 0.25) is 0 Å². The number of anilines is 3. The fraction of sp³-hybridized carbons (Fsp3) is 0.238. The maximum absolute atomic E-state index is 5.42. The second-order valence-electron chi connectivity index (χ2n) is 6.44. The van der Waals surface area contributed by atoms with Gasteiger partial charge in [0.1, 0.15) is 11.6 Å². The Hall–Kier alpha value is -3.48. The highest BCUT2D eigenvalue weighted by molar-refractivity contribution is 5.62. The van der Waals surface area contributed by atoms with E-state index in [1.165, 1.54) is 5.56 Å². The fourth-order valence-corrected chi connectivity index (χ4v) is 2.98. The molecule has 0 spiro atoms. The van der Waals surface area contributed by atoms with E-state index in [4.69, 9.17) is 14.2 Å². The Kier molecular flexibility index (Phi) is 5.14. The van der Waals surface area contributed by atoms with Crippen LogP contribution in [0.3, 0.4) is 0 Å². The SMILES string of the molecule is COc1cccc(CCNc2nc(C)cc(Nc3ccc4c(c3)OCO4)n2)c1. The van der Waals surface area contributed by atoms with Gasteiger partial charge in [-0.1, -0.05) is 12.1 Å². The first-order chi connectivity index (χ1) is 13.7. The zero-order valence-corrected chi connectivity index (χ0v) is 15.9. The zero-order valence-electron chi connectivity index (χ0n) is 15.9. The third-order valence-electron chi connectivity index (χ3n) is 4.33. The predicted octanol–water partition coefficient (Wildman–Crippen LogP) is 3.92. The predicted molar refractivity (Wildman–Crippen MR) is 108 cm³/mol. The summed E-state index contributed by atoms with van der Waals surface area (Å²) in [6.07, 6.45) is 0.847. The number of hydrogen-bond donors (Lipinski definition) is 2. The standard InChI is InChI=1S/C21H22N4O3/c1-14-10-20(24-16-6-7-18-19(12-16)28-13-27-18)25-21(23-14)22-9-8-15-4-3-5-17(11-15)26-2/h3-7,10-12H,8-9,13H2,1-2H3,(H2,22,23,24,25). The summed E-state index contributed by atoms with van der Waals surface area (Å²) in [6.45, 7) is 2.92. The van der Waals surface area contributed by atoms with Gasteiger partial charge in [-0.25, -0.2) is 4.98 Å². The molecule has 7 nitrogen and oxygen atoms in total. The minimum Gasteiger partial charge on any atom is -0.497 e. The van der Waals surface area contributed by atoms with Crippen molar-refractivity contribution >= 4 is 17.5 Å². The number of aromatic nitrogens is 2. The van der Waals surface area contributed by atoms with Gasteiger partial charge >= 0.3 is 0 Å². The monoisotopic (exact) mass is 378 g/mol. The van der Waals surface area contributed by atoms with Crippen molar-refractivity contribution in [3.05, 3.63) is 59.8 Å². The molecule has 2 N–H and O–H groups in total. The Balaban J connectivity index is 1.40. The van der Waals surface area contributed by atoms with E-state index in [0.717, 1.165) is 47.4 Å². The first-order valence-electron chi connectivity index (χ1n) is 9.09. The van der Waals surface area contributed by atoms with Gasteiger partial charge in [0.05, 0.1) is 7.11 Å². The molecule has 2 heterocycles. The fourth-order valence-electron chi connectivity index (χ4n) is 2.98. The Bertz CT molecular complexity index is 978. The molecule has 1 aliphatic heterocycles. The molecule has 0 aliphatic carbocycles. The van der Waals surface area contributed by atoms with Crippen LogP contribution in [0.1, 0.15) is 11.3 Å². The lowest BCUT2D eigenvalue weighted by atomic mass is 10.1. The third kappa shape index (κ3) is 4.25. The quantitative estimate of drug-likeness (QED) is 0.645. The van der Waals surface area contributed by atoms with Crippen LogP contribution in [0.5, 0.6) is 17.2 Å². The number of benzene rings is 2. The van der Waals surface area contributed by atoms with Crippen LogP contribution < -0.4 is 24.8 Å². The number of hydrogen-bond acceptors (Lipinski definition) is 7. The first-order valence-corrected chi connectivity index (χ1v) is 9.09. The van der Waals surface area contributed by atoms with Gasteiger partial charge in [0.15, 0.2) is 11.5 Å². The van der Waals surface area contributed by atoms with E-state index in [2.05, 4.69) is 26.7 Å². The van der Waals surface area contributed by atoms with Crippen LogP contribution in [0.4, 0.5) is 17.5 Å². The van der Waals surface area contributed by atoms with Crippen molar-refractivity contribution in [3.8, 4) is 17.2 Å². The molecule has 28 heavy (non-hydrogen) atoms. The van der Waals surface area contributed by atoms with Crippen LogP contribution in [-0.2, 0) is 6.42 Å². The summed E-state index contributed by atoms with van der Waals surface area (Å²) in [6, 6.07) is 15.7. The van der Waals surface area contributed by atoms with Crippen molar-refractivity contribution in [1.29, 1.82) is 0 Å². The van der Waals surface area contributed by atoms with Crippen LogP contribution in [0, 0.1) is 6.92 Å². The molecule has 0 unspecified atom stereocenters.